The van der Waals surface area contributed by atoms with Gasteiger partial charge in [0.1, 0.15) is 16.9 Å². The van der Waals surface area contributed by atoms with E-state index < -0.39 is 0 Å². The van der Waals surface area contributed by atoms with Gasteiger partial charge in [-0.15, -0.1) is 47.6 Å². The number of hydrogen-bond acceptors (Lipinski definition) is 7. The van der Waals surface area contributed by atoms with Crippen LogP contribution in [0.3, 0.4) is 0 Å². The zero-order valence-corrected chi connectivity index (χ0v) is 34.8. The van der Waals surface area contributed by atoms with E-state index in [0.29, 0.717) is 0 Å². The maximum absolute atomic E-state index is 12.2. The van der Waals surface area contributed by atoms with E-state index in [1.165, 1.54) is 26.4 Å². The molecule has 8 heteroatoms. The fraction of sp³-hybridized carbons (Fsp3) is 0.425. The molecule has 4 nitrogen and oxygen atoms in total. The quantitative estimate of drug-likeness (QED) is 0.0670. The summed E-state index contributed by atoms with van der Waals surface area (Å²) in [5, 5.41) is 15.7. The first-order valence-corrected chi connectivity index (χ1v) is 18.7. The molecular weight excluding hydrogens is 829 g/mol. The summed E-state index contributed by atoms with van der Waals surface area (Å²) in [6.45, 7) is 20.9. The summed E-state index contributed by atoms with van der Waals surface area (Å²) in [7, 11) is 0. The zero-order chi connectivity index (χ0) is 34.7. The molecule has 0 aliphatic heterocycles. The third-order valence-electron chi connectivity index (χ3n) is 9.92. The monoisotopic (exact) mass is 878 g/mol. The van der Waals surface area contributed by atoms with Crippen molar-refractivity contribution in [3.63, 3.8) is 0 Å². The Morgan fingerprint density at radius 3 is 2.19 bits per heavy atom. The molecule has 0 bridgehead atoms. The van der Waals surface area contributed by atoms with E-state index in [2.05, 4.69) is 73.6 Å². The predicted octanol–water partition coefficient (Wildman–Crippen LogP) is 12.8. The van der Waals surface area contributed by atoms with Crippen molar-refractivity contribution in [3.8, 4) is 11.3 Å². The molecule has 3 aromatic heterocycles. The Hall–Kier alpha value is -2.35. The molecule has 0 amide bonds. The Morgan fingerprint density at radius 1 is 0.958 bits per heavy atom. The molecule has 0 aliphatic carbocycles. The van der Waals surface area contributed by atoms with Gasteiger partial charge in [-0.05, 0) is 65.8 Å². The van der Waals surface area contributed by atoms with Gasteiger partial charge in [0.25, 0.3) is 0 Å². The van der Waals surface area contributed by atoms with Crippen LogP contribution in [0.25, 0.3) is 47.7 Å². The van der Waals surface area contributed by atoms with Crippen LogP contribution in [0.2, 0.25) is 0 Å². The Kier molecular flexibility index (Phi) is 13.5. The van der Waals surface area contributed by atoms with Crippen LogP contribution >= 0.6 is 35.3 Å². The van der Waals surface area contributed by atoms with Crippen LogP contribution in [-0.4, -0.2) is 20.9 Å². The van der Waals surface area contributed by atoms with Crippen LogP contribution in [0.1, 0.15) is 106 Å². The van der Waals surface area contributed by atoms with Crippen LogP contribution in [0.15, 0.2) is 58.8 Å². The van der Waals surface area contributed by atoms with Crippen molar-refractivity contribution >= 4 is 77.6 Å². The Labute approximate surface area is 313 Å². The number of ketones is 1. The largest absolute Gasteiger partial charge is 0.512 e. The number of thiophene rings is 2. The number of carbonyl (C=O) groups excluding carboxylic acids is 1. The van der Waals surface area contributed by atoms with Crippen molar-refractivity contribution in [3.05, 3.63) is 71.1 Å². The van der Waals surface area contributed by atoms with Gasteiger partial charge in [0.15, 0.2) is 5.78 Å². The van der Waals surface area contributed by atoms with Crippen LogP contribution in [-0.2, 0) is 30.3 Å². The molecule has 0 aliphatic rings. The standard InChI is InChI=1S/C25H21N2S3.C15H28O2.Ir/c1-5-6-16-18(28)7-8-19-20(16)21-22(26-13-27-24(21)30-19)15-11-14-9-10-29-23(14)17(12-15)25(2,3)4;1-7-14(5,8-2)12(16)11-13(17)15(6,9-3)10-4;/h5-10,12-13,28H,1-4H3;11,16H,7-10H2,1-6H3;/q-1;;/b6-5+;12-11-;. The first-order chi connectivity index (χ1) is 22.2. The van der Waals surface area contributed by atoms with Crippen molar-refractivity contribution in [1.82, 2.24) is 9.97 Å². The molecular formula is C40H49IrN2O2S3-. The summed E-state index contributed by atoms with van der Waals surface area (Å²) in [5.74, 6) is 0.286. The minimum Gasteiger partial charge on any atom is -0.512 e. The maximum Gasteiger partial charge on any atom is 0.164 e. The summed E-state index contributed by atoms with van der Waals surface area (Å²) >= 11 is 8.22. The second kappa shape index (κ2) is 16.1. The van der Waals surface area contributed by atoms with Crippen molar-refractivity contribution < 1.29 is 30.0 Å². The molecule has 0 fully saturated rings. The predicted molar refractivity (Wildman–Crippen MR) is 208 cm³/mol. The van der Waals surface area contributed by atoms with Gasteiger partial charge in [0.05, 0.1) is 0 Å². The van der Waals surface area contributed by atoms with E-state index >= 15 is 0 Å². The topological polar surface area (TPSA) is 63.1 Å². The first kappa shape index (κ1) is 40.1. The van der Waals surface area contributed by atoms with Gasteiger partial charge < -0.3 is 5.11 Å². The van der Waals surface area contributed by atoms with Crippen molar-refractivity contribution in [2.45, 2.75) is 105 Å². The molecule has 0 spiro atoms. The van der Waals surface area contributed by atoms with Gasteiger partial charge in [-0.1, -0.05) is 85.6 Å². The van der Waals surface area contributed by atoms with Crippen LogP contribution in [0.5, 0.6) is 0 Å². The normalized spacial score (nSPS) is 12.9. The van der Waals surface area contributed by atoms with Crippen LogP contribution < -0.4 is 0 Å². The van der Waals surface area contributed by atoms with E-state index in [4.69, 9.17) is 17.6 Å². The maximum atomic E-state index is 12.2. The average molecular weight is 878 g/mol. The third-order valence-corrected chi connectivity index (χ3v) is 12.3. The summed E-state index contributed by atoms with van der Waals surface area (Å²) in [6.07, 6.45) is 10.6. The number of allylic oxidation sites excluding steroid dienone is 3. The number of hydrogen-bond donors (Lipinski definition) is 2. The van der Waals surface area contributed by atoms with Gasteiger partial charge in [-0.2, -0.15) is 11.3 Å². The Bertz CT molecular complexity index is 1950. The fourth-order valence-corrected chi connectivity index (χ4v) is 8.02. The second-order valence-corrected chi connectivity index (χ2v) is 16.2. The molecule has 0 saturated carbocycles. The number of rotatable bonds is 9. The van der Waals surface area contributed by atoms with Gasteiger partial charge in [0, 0.05) is 63.1 Å². The number of aliphatic hydroxyl groups is 1. The Balaban J connectivity index is 0.000000301. The van der Waals surface area contributed by atoms with Gasteiger partial charge in [-0.25, -0.2) is 4.98 Å². The molecule has 48 heavy (non-hydrogen) atoms. The zero-order valence-electron chi connectivity index (χ0n) is 29.9. The molecule has 2 aromatic carbocycles. The molecule has 0 saturated heterocycles. The van der Waals surface area contributed by atoms with E-state index in [1.807, 2.05) is 48.5 Å². The molecule has 0 atom stereocenters. The molecule has 5 aromatic rings. The molecule has 3 heterocycles. The minimum atomic E-state index is -0.337. The fourth-order valence-electron chi connectivity index (χ4n) is 5.62. The van der Waals surface area contributed by atoms with E-state index in [-0.39, 0.29) is 47.9 Å². The van der Waals surface area contributed by atoms with E-state index in [9.17, 15) is 9.90 Å². The van der Waals surface area contributed by atoms with E-state index in [0.717, 1.165) is 63.0 Å². The minimum absolute atomic E-state index is 0. The molecule has 0 unspecified atom stereocenters. The van der Waals surface area contributed by atoms with Crippen molar-refractivity contribution in [2.75, 3.05) is 0 Å². The summed E-state index contributed by atoms with van der Waals surface area (Å²) in [4.78, 5) is 23.5. The van der Waals surface area contributed by atoms with Gasteiger partial charge in [0.2, 0.25) is 0 Å². The molecule has 259 valence electrons. The number of fused-ring (bicyclic) bond motifs is 4. The van der Waals surface area contributed by atoms with Gasteiger partial charge >= 0.3 is 0 Å². The number of aliphatic hydroxyl groups excluding tert-OH is 1. The summed E-state index contributed by atoms with van der Waals surface area (Å²) in [6, 6.07) is 12.2. The number of aromatic nitrogens is 2. The number of carbonyl (C=O) groups is 1. The summed E-state index contributed by atoms with van der Waals surface area (Å²) < 4.78 is 2.50. The number of thiol groups is 1. The molecule has 1 radical (unpaired) electrons. The van der Waals surface area contributed by atoms with Crippen molar-refractivity contribution in [1.29, 1.82) is 0 Å². The number of nitrogens with zero attached hydrogens (tertiary/aromatic N) is 2. The van der Waals surface area contributed by atoms with Crippen LogP contribution in [0.4, 0.5) is 0 Å². The van der Waals surface area contributed by atoms with Crippen LogP contribution in [0, 0.1) is 16.9 Å². The second-order valence-electron chi connectivity index (χ2n) is 13.8. The Morgan fingerprint density at radius 2 is 1.60 bits per heavy atom. The van der Waals surface area contributed by atoms with Crippen molar-refractivity contribution in [2.24, 2.45) is 10.8 Å². The average Bonchev–Trinajstić information content (AvgIpc) is 3.69. The molecule has 1 N–H and O–H groups in total. The third kappa shape index (κ3) is 8.00. The SMILES string of the molecule is C/C=C/c1c(S)ccc2sc3ncnc(-c4[c-]c5ccsc5c(C(C)(C)C)c4)c3c12.CCC(C)(CC)C(=O)/C=C(\O)C(C)(CC)CC.[Ir]. The first-order valence-electron chi connectivity index (χ1n) is 16.6. The molecule has 5 rings (SSSR count). The summed E-state index contributed by atoms with van der Waals surface area (Å²) in [5.41, 5.74) is 3.84. The smallest absolute Gasteiger partial charge is 0.164 e. The van der Waals surface area contributed by atoms with Gasteiger partial charge in [-0.3, -0.25) is 9.78 Å². The number of benzene rings is 2. The van der Waals surface area contributed by atoms with E-state index in [1.54, 1.807) is 29.0 Å².